The number of nitrogens with one attached hydrogen (secondary N) is 6. The molecule has 0 aromatic heterocycles. The zero-order valence-corrected chi connectivity index (χ0v) is 32.4. The Morgan fingerprint density at radius 1 is 0.727 bits per heavy atom. The predicted molar refractivity (Wildman–Crippen MR) is 197 cm³/mol. The third-order valence-corrected chi connectivity index (χ3v) is 8.78. The smallest absolute Gasteiger partial charge is 0.303 e. The first-order valence-electron chi connectivity index (χ1n) is 18.4. The van der Waals surface area contributed by atoms with Gasteiger partial charge in [0.15, 0.2) is 0 Å². The first-order valence-corrected chi connectivity index (χ1v) is 18.4. The van der Waals surface area contributed by atoms with E-state index in [0.717, 1.165) is 6.92 Å². The van der Waals surface area contributed by atoms with Gasteiger partial charge in [-0.25, -0.2) is 0 Å². The number of carbonyl (C=O) groups is 10. The molecule has 0 bridgehead atoms. The number of ketones is 1. The Hall–Kier alpha value is -5.36. The SMILES string of the molecule is C=CCNC(=O)C(=O)C(CCC)NC(=O)[C@@H]1CCCN1C(=O)C(NC(=O)C(NC(=O)C(CCC(=O)O)NC(=O)C(CCC(=O)O)NC(C)=O)C(C)C)C(C)C. The predicted octanol–water partition coefficient (Wildman–Crippen LogP) is -0.866. The van der Waals surface area contributed by atoms with Gasteiger partial charge in [0.05, 0.1) is 6.04 Å². The minimum absolute atomic E-state index is 0.0599. The molecule has 8 N–H and O–H groups in total. The fourth-order valence-corrected chi connectivity index (χ4v) is 5.85. The summed E-state index contributed by atoms with van der Waals surface area (Å²) in [6.45, 7) is 13.2. The van der Waals surface area contributed by atoms with E-state index in [9.17, 15) is 53.1 Å². The van der Waals surface area contributed by atoms with Gasteiger partial charge >= 0.3 is 11.9 Å². The zero-order valence-electron chi connectivity index (χ0n) is 32.4. The minimum Gasteiger partial charge on any atom is -0.481 e. The van der Waals surface area contributed by atoms with Gasteiger partial charge in [-0.3, -0.25) is 47.9 Å². The second-order valence-corrected chi connectivity index (χ2v) is 14.0. The van der Waals surface area contributed by atoms with Crippen LogP contribution in [0.4, 0.5) is 0 Å². The molecule has 5 unspecified atom stereocenters. The lowest BCUT2D eigenvalue weighted by Gasteiger charge is -2.33. The van der Waals surface area contributed by atoms with Crippen LogP contribution < -0.4 is 31.9 Å². The van der Waals surface area contributed by atoms with Crippen molar-refractivity contribution < 1.29 is 58.2 Å². The quantitative estimate of drug-likeness (QED) is 0.0439. The second kappa shape index (κ2) is 23.4. The number of rotatable bonds is 24. The Morgan fingerprint density at radius 2 is 1.25 bits per heavy atom. The molecule has 55 heavy (non-hydrogen) atoms. The summed E-state index contributed by atoms with van der Waals surface area (Å²) >= 11 is 0. The molecule has 7 amide bonds. The highest BCUT2D eigenvalue weighted by Gasteiger charge is 2.41. The number of carboxylic acids is 2. The molecule has 1 saturated heterocycles. The number of likely N-dealkylation sites (tertiary alicyclic amines) is 1. The van der Waals surface area contributed by atoms with Crippen molar-refractivity contribution in [2.75, 3.05) is 13.1 Å². The highest BCUT2D eigenvalue weighted by molar-refractivity contribution is 6.38. The van der Waals surface area contributed by atoms with Crippen molar-refractivity contribution in [1.29, 1.82) is 0 Å². The molecule has 19 heteroatoms. The monoisotopic (exact) mass is 779 g/mol. The number of Topliss-reactive ketones (excluding diaryl/α,β-unsaturated/α-hetero) is 1. The average molecular weight is 780 g/mol. The topological polar surface area (TPSA) is 287 Å². The van der Waals surface area contributed by atoms with E-state index in [-0.39, 0.29) is 32.4 Å². The molecule has 0 aliphatic carbocycles. The lowest BCUT2D eigenvalue weighted by atomic mass is 9.98. The normalized spacial score (nSPS) is 16.4. The van der Waals surface area contributed by atoms with Gasteiger partial charge in [0.1, 0.15) is 30.2 Å². The summed E-state index contributed by atoms with van der Waals surface area (Å²) in [6.07, 6.45) is 0.975. The molecule has 1 aliphatic rings. The molecule has 1 fully saturated rings. The molecule has 0 radical (unpaired) electrons. The molecule has 1 heterocycles. The van der Waals surface area contributed by atoms with Gasteiger partial charge in [-0.1, -0.05) is 47.1 Å². The first-order chi connectivity index (χ1) is 25.7. The van der Waals surface area contributed by atoms with Gasteiger partial charge in [-0.05, 0) is 43.9 Å². The maximum Gasteiger partial charge on any atom is 0.303 e. The van der Waals surface area contributed by atoms with Crippen LogP contribution in [-0.2, 0) is 47.9 Å². The largest absolute Gasteiger partial charge is 0.481 e. The third kappa shape index (κ3) is 15.9. The Labute approximate surface area is 320 Å². The van der Waals surface area contributed by atoms with Crippen LogP contribution in [0.3, 0.4) is 0 Å². The van der Waals surface area contributed by atoms with Crippen molar-refractivity contribution in [3.63, 3.8) is 0 Å². The van der Waals surface area contributed by atoms with Crippen LogP contribution in [-0.4, -0.2) is 124 Å². The summed E-state index contributed by atoms with van der Waals surface area (Å²) in [4.78, 5) is 128. The van der Waals surface area contributed by atoms with Crippen LogP contribution in [0.5, 0.6) is 0 Å². The number of amides is 7. The molecule has 0 aromatic carbocycles. The van der Waals surface area contributed by atoms with Gasteiger partial charge in [-0.2, -0.15) is 0 Å². The van der Waals surface area contributed by atoms with Crippen LogP contribution in [0, 0.1) is 11.8 Å². The Kier molecular flexibility index (Phi) is 20.3. The fraction of sp³-hybridized carbons (Fsp3) is 0.667. The van der Waals surface area contributed by atoms with Crippen LogP contribution in [0.15, 0.2) is 12.7 Å². The molecular formula is C36H57N7O12. The number of aliphatic carboxylic acids is 2. The van der Waals surface area contributed by atoms with E-state index >= 15 is 0 Å². The molecular weight excluding hydrogens is 722 g/mol. The van der Waals surface area contributed by atoms with Crippen molar-refractivity contribution in [2.24, 2.45) is 11.8 Å². The molecule has 0 saturated carbocycles. The van der Waals surface area contributed by atoms with Gasteiger partial charge in [0.2, 0.25) is 41.2 Å². The summed E-state index contributed by atoms with van der Waals surface area (Å²) in [7, 11) is 0. The Bertz CT molecular complexity index is 1450. The van der Waals surface area contributed by atoms with E-state index in [1.165, 1.54) is 11.0 Å². The number of carboxylic acid groups (broad SMARTS) is 2. The van der Waals surface area contributed by atoms with Gasteiger partial charge in [0, 0.05) is 32.9 Å². The first kappa shape index (κ1) is 47.7. The molecule has 6 atom stereocenters. The fourth-order valence-electron chi connectivity index (χ4n) is 5.85. The lowest BCUT2D eigenvalue weighted by Crippen LogP contribution is -2.61. The molecule has 308 valence electrons. The number of nitrogens with zero attached hydrogens (tertiary/aromatic N) is 1. The molecule has 19 nitrogen and oxygen atoms in total. The summed E-state index contributed by atoms with van der Waals surface area (Å²) in [6, 6.07) is -7.46. The maximum atomic E-state index is 14.0. The third-order valence-electron chi connectivity index (χ3n) is 8.78. The second-order valence-electron chi connectivity index (χ2n) is 14.0. The van der Waals surface area contributed by atoms with Crippen molar-refractivity contribution in [1.82, 2.24) is 36.8 Å². The number of hydrogen-bond donors (Lipinski definition) is 8. The summed E-state index contributed by atoms with van der Waals surface area (Å²) in [5, 5.41) is 33.2. The van der Waals surface area contributed by atoms with Gasteiger partial charge in [0.25, 0.3) is 5.91 Å². The van der Waals surface area contributed by atoms with E-state index in [4.69, 9.17) is 5.11 Å². The summed E-state index contributed by atoms with van der Waals surface area (Å²) in [5.41, 5.74) is 0. The molecule has 0 aromatic rings. The number of carbonyl (C=O) groups excluding carboxylic acids is 8. The standard InChI is InChI=1S/C36H57N7O12/c1-8-11-22(30(49)35(54)37-17-9-2)39-33(52)25-12-10-18-43(25)36(55)29(20(5)6)42-34(53)28(19(3)4)41-32(51)24(14-16-27(47)48)40-31(50)23(38-21(7)44)13-15-26(45)46/h9,19-20,22-25,28-29H,2,8,10-18H2,1,3-7H3,(H,37,54)(H,38,44)(H,39,52)(H,40,50)(H,41,51)(H,42,53)(H,45,46)(H,47,48)/t22?,23?,24?,25-,28?,29?/m0/s1. The molecule has 0 spiro atoms. The van der Waals surface area contributed by atoms with Crippen LogP contribution in [0.25, 0.3) is 0 Å². The van der Waals surface area contributed by atoms with Crippen LogP contribution >= 0.6 is 0 Å². The zero-order chi connectivity index (χ0) is 42.0. The van der Waals surface area contributed by atoms with Gasteiger partial charge < -0.3 is 47.0 Å². The highest BCUT2D eigenvalue weighted by atomic mass is 16.4. The van der Waals surface area contributed by atoms with E-state index < -0.39 is 126 Å². The highest BCUT2D eigenvalue weighted by Crippen LogP contribution is 2.21. The molecule has 1 aliphatic heterocycles. The average Bonchev–Trinajstić information content (AvgIpc) is 3.60. The Morgan fingerprint density at radius 3 is 1.75 bits per heavy atom. The van der Waals surface area contributed by atoms with E-state index in [0.29, 0.717) is 12.8 Å². The number of hydrogen-bond acceptors (Lipinski definition) is 10. The summed E-state index contributed by atoms with van der Waals surface area (Å²) in [5.74, 6) is -9.88. The van der Waals surface area contributed by atoms with Crippen molar-refractivity contribution in [2.45, 2.75) is 129 Å². The van der Waals surface area contributed by atoms with Crippen LogP contribution in [0.1, 0.15) is 92.9 Å². The van der Waals surface area contributed by atoms with Crippen molar-refractivity contribution in [3.8, 4) is 0 Å². The molecule has 1 rings (SSSR count). The van der Waals surface area contributed by atoms with E-state index in [1.807, 2.05) is 0 Å². The van der Waals surface area contributed by atoms with Crippen molar-refractivity contribution >= 4 is 59.1 Å². The summed E-state index contributed by atoms with van der Waals surface area (Å²) < 4.78 is 0. The lowest BCUT2D eigenvalue weighted by molar-refractivity contribution is -0.144. The van der Waals surface area contributed by atoms with Gasteiger partial charge in [-0.15, -0.1) is 6.58 Å². The Balaban J connectivity index is 3.22. The minimum atomic E-state index is -1.51. The van der Waals surface area contributed by atoms with Crippen LogP contribution in [0.2, 0.25) is 0 Å². The van der Waals surface area contributed by atoms with Crippen molar-refractivity contribution in [3.05, 3.63) is 12.7 Å². The van der Waals surface area contributed by atoms with E-state index in [1.54, 1.807) is 34.6 Å². The maximum absolute atomic E-state index is 14.0. The van der Waals surface area contributed by atoms with E-state index in [2.05, 4.69) is 38.5 Å².